The third-order valence-electron chi connectivity index (χ3n) is 3.29. The van der Waals surface area contributed by atoms with Gasteiger partial charge in [-0.2, -0.15) is 0 Å². The lowest BCUT2D eigenvalue weighted by Crippen LogP contribution is -2.43. The molecule has 2 heterocycles. The van der Waals surface area contributed by atoms with Gasteiger partial charge in [-0.15, -0.1) is 0 Å². The molecule has 1 unspecified atom stereocenters. The summed E-state index contributed by atoms with van der Waals surface area (Å²) in [5.41, 5.74) is 8.33. The summed E-state index contributed by atoms with van der Waals surface area (Å²) in [6, 6.07) is 4.38. The minimum absolute atomic E-state index is 0.193. The number of nitrogen functional groups attached to an aromatic ring is 1. The lowest BCUT2D eigenvalue weighted by atomic mass is 10.0. The van der Waals surface area contributed by atoms with Gasteiger partial charge in [0.15, 0.2) is 0 Å². The first kappa shape index (κ1) is 12.1. The van der Waals surface area contributed by atoms with Crippen molar-refractivity contribution in [1.82, 2.24) is 9.88 Å². The molecule has 2 N–H and O–H groups in total. The van der Waals surface area contributed by atoms with Gasteiger partial charge >= 0.3 is 0 Å². The normalized spacial score (nSPS) is 21.6. The van der Waals surface area contributed by atoms with Crippen LogP contribution in [-0.2, 0) is 0 Å². The Balaban J connectivity index is 2.21. The summed E-state index contributed by atoms with van der Waals surface area (Å²) in [5.74, 6) is 0.577. The Morgan fingerprint density at radius 3 is 2.53 bits per heavy atom. The minimum Gasteiger partial charge on any atom is -0.384 e. The summed E-state index contributed by atoms with van der Waals surface area (Å²) in [6.45, 7) is 9.98. The van der Waals surface area contributed by atoms with Crippen LogP contribution in [0.15, 0.2) is 24.4 Å². The van der Waals surface area contributed by atoms with Crippen molar-refractivity contribution in [3.63, 3.8) is 0 Å². The number of anilines is 1. The number of nitrogens with zero attached hydrogens (tertiary/aromatic N) is 2. The molecule has 3 heteroatoms. The van der Waals surface area contributed by atoms with E-state index < -0.39 is 0 Å². The molecule has 1 aromatic heterocycles. The van der Waals surface area contributed by atoms with Gasteiger partial charge in [-0.25, -0.2) is 4.98 Å². The maximum absolute atomic E-state index is 5.61. The van der Waals surface area contributed by atoms with Crippen LogP contribution in [0.1, 0.15) is 33.3 Å². The van der Waals surface area contributed by atoms with Crippen LogP contribution in [0, 0.1) is 0 Å². The van der Waals surface area contributed by atoms with E-state index in [9.17, 15) is 0 Å². The Bertz CT molecular complexity index is 426. The highest BCUT2D eigenvalue weighted by atomic mass is 15.2. The number of hydrogen-bond donors (Lipinski definition) is 1. The standard InChI is InChI=1S/C14H21N3/c1-10-7-12(9-17(10)14(2,3)4)11-5-6-13(15)16-8-11/h5-8,10H,9H2,1-4H3,(H2,15,16). The highest BCUT2D eigenvalue weighted by Crippen LogP contribution is 2.30. The van der Waals surface area contributed by atoms with Crippen molar-refractivity contribution >= 4 is 11.4 Å². The molecule has 1 aliphatic rings. The van der Waals surface area contributed by atoms with Gasteiger partial charge in [-0.3, -0.25) is 4.90 Å². The Morgan fingerprint density at radius 2 is 2.06 bits per heavy atom. The Hall–Kier alpha value is -1.35. The average molecular weight is 231 g/mol. The van der Waals surface area contributed by atoms with E-state index in [-0.39, 0.29) is 5.54 Å². The highest BCUT2D eigenvalue weighted by Gasteiger charge is 2.30. The Kier molecular flexibility index (Phi) is 2.96. The highest BCUT2D eigenvalue weighted by molar-refractivity contribution is 5.69. The molecule has 0 aliphatic carbocycles. The van der Waals surface area contributed by atoms with Crippen molar-refractivity contribution in [2.45, 2.75) is 39.3 Å². The molecular weight excluding hydrogens is 210 g/mol. The third-order valence-corrected chi connectivity index (χ3v) is 3.29. The fraction of sp³-hybridized carbons (Fsp3) is 0.500. The van der Waals surface area contributed by atoms with Gasteiger partial charge in [-0.1, -0.05) is 6.08 Å². The summed E-state index contributed by atoms with van der Waals surface area (Å²) >= 11 is 0. The van der Waals surface area contributed by atoms with E-state index in [1.54, 1.807) is 0 Å². The molecule has 0 fully saturated rings. The average Bonchev–Trinajstić information content (AvgIpc) is 2.61. The fourth-order valence-electron chi connectivity index (χ4n) is 2.39. The molecule has 0 spiro atoms. The van der Waals surface area contributed by atoms with Crippen LogP contribution in [0.2, 0.25) is 0 Å². The predicted molar refractivity (Wildman–Crippen MR) is 72.5 cm³/mol. The molecular formula is C14H21N3. The summed E-state index contributed by atoms with van der Waals surface area (Å²) in [5, 5.41) is 0. The molecule has 92 valence electrons. The maximum Gasteiger partial charge on any atom is 0.123 e. The van der Waals surface area contributed by atoms with E-state index in [4.69, 9.17) is 5.73 Å². The van der Waals surface area contributed by atoms with Crippen LogP contribution >= 0.6 is 0 Å². The van der Waals surface area contributed by atoms with Crippen molar-refractivity contribution < 1.29 is 0 Å². The number of pyridine rings is 1. The first-order chi connectivity index (χ1) is 7.88. The molecule has 2 rings (SSSR count). The van der Waals surface area contributed by atoms with E-state index in [0.29, 0.717) is 11.9 Å². The van der Waals surface area contributed by atoms with Crippen LogP contribution in [-0.4, -0.2) is 28.0 Å². The zero-order valence-electron chi connectivity index (χ0n) is 11.1. The fourth-order valence-corrected chi connectivity index (χ4v) is 2.39. The number of rotatable bonds is 1. The number of hydrogen-bond acceptors (Lipinski definition) is 3. The van der Waals surface area contributed by atoms with Gasteiger partial charge in [0, 0.05) is 24.3 Å². The smallest absolute Gasteiger partial charge is 0.123 e. The third kappa shape index (κ3) is 2.50. The van der Waals surface area contributed by atoms with Gasteiger partial charge in [0.05, 0.1) is 0 Å². The van der Waals surface area contributed by atoms with Gasteiger partial charge in [0.25, 0.3) is 0 Å². The van der Waals surface area contributed by atoms with Crippen LogP contribution in [0.4, 0.5) is 5.82 Å². The molecule has 0 radical (unpaired) electrons. The van der Waals surface area contributed by atoms with Crippen molar-refractivity contribution in [3.05, 3.63) is 30.0 Å². The summed E-state index contributed by atoms with van der Waals surface area (Å²) < 4.78 is 0. The number of nitrogens with two attached hydrogens (primary N) is 1. The molecule has 0 aromatic carbocycles. The predicted octanol–water partition coefficient (Wildman–Crippen LogP) is 2.55. The quantitative estimate of drug-likeness (QED) is 0.807. The summed E-state index contributed by atoms with van der Waals surface area (Å²) in [4.78, 5) is 6.64. The summed E-state index contributed by atoms with van der Waals surface area (Å²) in [6.07, 6.45) is 4.18. The zero-order chi connectivity index (χ0) is 12.6. The second-order valence-electron chi connectivity index (χ2n) is 5.70. The van der Waals surface area contributed by atoms with E-state index in [0.717, 1.165) is 6.54 Å². The van der Waals surface area contributed by atoms with Crippen molar-refractivity contribution in [3.8, 4) is 0 Å². The van der Waals surface area contributed by atoms with Crippen LogP contribution in [0.25, 0.3) is 5.57 Å². The zero-order valence-corrected chi connectivity index (χ0v) is 11.1. The van der Waals surface area contributed by atoms with E-state index in [1.165, 1.54) is 11.1 Å². The molecule has 1 aromatic rings. The minimum atomic E-state index is 0.193. The topological polar surface area (TPSA) is 42.1 Å². The van der Waals surface area contributed by atoms with Gasteiger partial charge < -0.3 is 5.73 Å². The molecule has 0 bridgehead atoms. The summed E-state index contributed by atoms with van der Waals surface area (Å²) in [7, 11) is 0. The first-order valence-electron chi connectivity index (χ1n) is 6.07. The molecule has 1 aliphatic heterocycles. The van der Waals surface area contributed by atoms with Gasteiger partial charge in [0.2, 0.25) is 0 Å². The van der Waals surface area contributed by atoms with Crippen LogP contribution < -0.4 is 5.73 Å². The lowest BCUT2D eigenvalue weighted by Gasteiger charge is -2.35. The largest absolute Gasteiger partial charge is 0.384 e. The van der Waals surface area contributed by atoms with E-state index >= 15 is 0 Å². The molecule has 0 saturated carbocycles. The molecule has 3 nitrogen and oxygen atoms in total. The second-order valence-corrected chi connectivity index (χ2v) is 5.70. The van der Waals surface area contributed by atoms with Crippen molar-refractivity contribution in [2.75, 3.05) is 12.3 Å². The van der Waals surface area contributed by atoms with E-state index in [2.05, 4.69) is 43.7 Å². The maximum atomic E-state index is 5.61. The van der Waals surface area contributed by atoms with Crippen LogP contribution in [0.5, 0.6) is 0 Å². The lowest BCUT2D eigenvalue weighted by molar-refractivity contribution is 0.143. The van der Waals surface area contributed by atoms with Crippen molar-refractivity contribution in [1.29, 1.82) is 0 Å². The van der Waals surface area contributed by atoms with E-state index in [1.807, 2.05) is 18.3 Å². The first-order valence-corrected chi connectivity index (χ1v) is 6.07. The molecule has 1 atom stereocenters. The van der Waals surface area contributed by atoms with Crippen LogP contribution in [0.3, 0.4) is 0 Å². The SMILES string of the molecule is CC1C=C(c2ccc(N)nc2)CN1C(C)(C)C. The van der Waals surface area contributed by atoms with Gasteiger partial charge in [-0.05, 0) is 51.0 Å². The Labute approximate surface area is 103 Å². The second kappa shape index (κ2) is 4.15. The Morgan fingerprint density at radius 1 is 1.35 bits per heavy atom. The van der Waals surface area contributed by atoms with Crippen molar-refractivity contribution in [2.24, 2.45) is 0 Å². The monoisotopic (exact) mass is 231 g/mol. The molecule has 0 saturated heterocycles. The molecule has 17 heavy (non-hydrogen) atoms. The van der Waals surface area contributed by atoms with Gasteiger partial charge in [0.1, 0.15) is 5.82 Å². The number of aromatic nitrogens is 1. The molecule has 0 amide bonds.